The quantitative estimate of drug-likeness (QED) is 0.872. The largest absolute Gasteiger partial charge is 0.305 e. The van der Waals surface area contributed by atoms with Crippen LogP contribution in [-0.2, 0) is 10.8 Å². The fourth-order valence-corrected chi connectivity index (χ4v) is 4.78. The molecule has 3 nitrogen and oxygen atoms in total. The molecule has 0 bridgehead atoms. The Morgan fingerprint density at radius 2 is 2.28 bits per heavy atom. The van der Waals surface area contributed by atoms with E-state index in [0.717, 1.165) is 22.7 Å². The van der Waals surface area contributed by atoms with Gasteiger partial charge in [0.25, 0.3) is 0 Å². The van der Waals surface area contributed by atoms with Crippen molar-refractivity contribution in [1.29, 1.82) is 0 Å². The average molecular weight is 280 g/mol. The predicted molar refractivity (Wildman–Crippen MR) is 77.5 cm³/mol. The normalized spacial score (nSPS) is 29.3. The average Bonchev–Trinajstić information content (AvgIpc) is 2.71. The first-order valence-corrected chi connectivity index (χ1v) is 8.49. The lowest BCUT2D eigenvalue weighted by atomic mass is 10.2. The molecule has 1 aromatic heterocycles. The van der Waals surface area contributed by atoms with Crippen molar-refractivity contribution in [2.24, 2.45) is 0 Å². The van der Waals surface area contributed by atoms with Crippen LogP contribution < -0.4 is 5.32 Å². The molecule has 3 rings (SSSR count). The second-order valence-electron chi connectivity index (χ2n) is 4.74. The molecular weight excluding hydrogens is 264 g/mol. The number of benzene rings is 1. The lowest BCUT2D eigenvalue weighted by Crippen LogP contribution is -2.30. The number of aromatic nitrogens is 1. The highest BCUT2D eigenvalue weighted by molar-refractivity contribution is 7.85. The van der Waals surface area contributed by atoms with Gasteiger partial charge in [-0.05, 0) is 25.5 Å². The molecule has 0 aliphatic carbocycles. The van der Waals surface area contributed by atoms with Gasteiger partial charge in [-0.15, -0.1) is 11.3 Å². The summed E-state index contributed by atoms with van der Waals surface area (Å²) in [5, 5.41) is 4.61. The van der Waals surface area contributed by atoms with Crippen molar-refractivity contribution in [1.82, 2.24) is 10.3 Å². The Kier molecular flexibility index (Phi) is 3.46. The lowest BCUT2D eigenvalue weighted by molar-refractivity contribution is 0.484. The molecule has 1 aliphatic heterocycles. The lowest BCUT2D eigenvalue weighted by Gasteiger charge is -2.16. The van der Waals surface area contributed by atoms with E-state index in [4.69, 9.17) is 0 Å². The monoisotopic (exact) mass is 280 g/mol. The highest BCUT2D eigenvalue weighted by Crippen LogP contribution is 2.28. The molecule has 96 valence electrons. The van der Waals surface area contributed by atoms with Crippen molar-refractivity contribution in [3.05, 3.63) is 29.3 Å². The number of rotatable bonds is 1. The van der Waals surface area contributed by atoms with E-state index in [9.17, 15) is 4.21 Å². The number of nitrogens with one attached hydrogen (secondary N) is 1. The Labute approximate surface area is 113 Å². The maximum atomic E-state index is 11.9. The first kappa shape index (κ1) is 12.3. The van der Waals surface area contributed by atoms with Crippen molar-refractivity contribution >= 4 is 32.4 Å². The van der Waals surface area contributed by atoms with E-state index in [1.165, 1.54) is 4.70 Å². The molecule has 1 saturated heterocycles. The van der Waals surface area contributed by atoms with Gasteiger partial charge in [-0.25, -0.2) is 4.98 Å². The van der Waals surface area contributed by atoms with Gasteiger partial charge in [-0.2, -0.15) is 0 Å². The standard InChI is InChI=1S/C13H16N2OS2/c1-9-6-7-18(16)8-11(14-9)13-15-10-4-2-3-5-12(10)17-13/h2-5,9,11,14H,6-8H2,1H3. The third kappa shape index (κ3) is 2.48. The Bertz CT molecular complexity index is 548. The summed E-state index contributed by atoms with van der Waals surface area (Å²) >= 11 is 1.71. The van der Waals surface area contributed by atoms with Crippen LogP contribution in [0.5, 0.6) is 0 Å². The van der Waals surface area contributed by atoms with Crippen LogP contribution in [0.3, 0.4) is 0 Å². The molecule has 3 unspecified atom stereocenters. The van der Waals surface area contributed by atoms with Gasteiger partial charge in [0.2, 0.25) is 0 Å². The molecule has 18 heavy (non-hydrogen) atoms. The number of thiazole rings is 1. The molecule has 1 aliphatic rings. The van der Waals surface area contributed by atoms with Crippen molar-refractivity contribution in [2.45, 2.75) is 25.4 Å². The molecule has 0 amide bonds. The zero-order chi connectivity index (χ0) is 12.5. The summed E-state index contributed by atoms with van der Waals surface area (Å²) < 4.78 is 13.1. The van der Waals surface area contributed by atoms with Crippen LogP contribution >= 0.6 is 11.3 Å². The van der Waals surface area contributed by atoms with E-state index in [0.29, 0.717) is 11.8 Å². The maximum Gasteiger partial charge on any atom is 0.112 e. The van der Waals surface area contributed by atoms with Gasteiger partial charge >= 0.3 is 0 Å². The molecule has 2 aromatic rings. The number of fused-ring (bicyclic) bond motifs is 1. The first-order chi connectivity index (χ1) is 8.72. The fraction of sp³-hybridized carbons (Fsp3) is 0.462. The van der Waals surface area contributed by atoms with Crippen molar-refractivity contribution in [3.8, 4) is 0 Å². The van der Waals surface area contributed by atoms with E-state index in [-0.39, 0.29) is 6.04 Å². The SMILES string of the molecule is CC1CCS(=O)CC(c2nc3ccccc3s2)N1. The van der Waals surface area contributed by atoms with Gasteiger partial charge in [0.05, 0.1) is 16.3 Å². The Morgan fingerprint density at radius 1 is 1.44 bits per heavy atom. The predicted octanol–water partition coefficient (Wildman–Crippen LogP) is 2.47. The highest BCUT2D eigenvalue weighted by Gasteiger charge is 2.24. The van der Waals surface area contributed by atoms with Crippen LogP contribution in [0.1, 0.15) is 24.4 Å². The summed E-state index contributed by atoms with van der Waals surface area (Å²) in [5.41, 5.74) is 1.04. The van der Waals surface area contributed by atoms with E-state index in [1.54, 1.807) is 11.3 Å². The van der Waals surface area contributed by atoms with E-state index in [2.05, 4.69) is 23.3 Å². The molecule has 0 saturated carbocycles. The Balaban J connectivity index is 1.94. The molecule has 0 spiro atoms. The third-order valence-electron chi connectivity index (χ3n) is 3.23. The fourth-order valence-electron chi connectivity index (χ4n) is 2.23. The van der Waals surface area contributed by atoms with Gasteiger partial charge < -0.3 is 5.32 Å². The maximum absolute atomic E-state index is 11.9. The summed E-state index contributed by atoms with van der Waals surface area (Å²) in [6, 6.07) is 8.72. The van der Waals surface area contributed by atoms with E-state index in [1.807, 2.05) is 18.2 Å². The number of hydrogen-bond donors (Lipinski definition) is 1. The molecule has 5 heteroatoms. The van der Waals surface area contributed by atoms with Crippen LogP contribution in [0, 0.1) is 0 Å². The molecule has 1 fully saturated rings. The summed E-state index contributed by atoms with van der Waals surface area (Å²) in [7, 11) is -0.726. The van der Waals surface area contributed by atoms with Crippen LogP contribution in [0.25, 0.3) is 10.2 Å². The van der Waals surface area contributed by atoms with Gasteiger partial charge in [0.15, 0.2) is 0 Å². The topological polar surface area (TPSA) is 42.0 Å². The van der Waals surface area contributed by atoms with Gasteiger partial charge in [0, 0.05) is 28.3 Å². The van der Waals surface area contributed by atoms with Crippen molar-refractivity contribution < 1.29 is 4.21 Å². The molecule has 1 aromatic carbocycles. The summed E-state index contributed by atoms with van der Waals surface area (Å²) in [5.74, 6) is 1.49. The minimum atomic E-state index is -0.726. The molecule has 3 atom stereocenters. The van der Waals surface area contributed by atoms with Gasteiger partial charge in [-0.3, -0.25) is 4.21 Å². The molecule has 0 radical (unpaired) electrons. The number of hydrogen-bond acceptors (Lipinski definition) is 4. The van der Waals surface area contributed by atoms with E-state index >= 15 is 0 Å². The summed E-state index contributed by atoms with van der Waals surface area (Å²) in [6.07, 6.45) is 0.980. The number of nitrogens with zero attached hydrogens (tertiary/aromatic N) is 1. The molecule has 2 heterocycles. The minimum absolute atomic E-state index is 0.140. The zero-order valence-electron chi connectivity index (χ0n) is 10.3. The first-order valence-electron chi connectivity index (χ1n) is 6.19. The van der Waals surface area contributed by atoms with Crippen LogP contribution in [0.2, 0.25) is 0 Å². The molecule has 1 N–H and O–H groups in total. The summed E-state index contributed by atoms with van der Waals surface area (Å²) in [4.78, 5) is 4.67. The highest BCUT2D eigenvalue weighted by atomic mass is 32.2. The Morgan fingerprint density at radius 3 is 3.11 bits per heavy atom. The summed E-state index contributed by atoms with van der Waals surface area (Å²) in [6.45, 7) is 2.16. The smallest absolute Gasteiger partial charge is 0.112 e. The van der Waals surface area contributed by atoms with Crippen molar-refractivity contribution in [3.63, 3.8) is 0 Å². The van der Waals surface area contributed by atoms with E-state index < -0.39 is 10.8 Å². The van der Waals surface area contributed by atoms with Gasteiger partial charge in [-0.1, -0.05) is 12.1 Å². The second-order valence-corrected chi connectivity index (χ2v) is 7.42. The Hall–Kier alpha value is -0.780. The van der Waals surface area contributed by atoms with Crippen molar-refractivity contribution in [2.75, 3.05) is 11.5 Å². The zero-order valence-corrected chi connectivity index (χ0v) is 11.9. The van der Waals surface area contributed by atoms with Gasteiger partial charge in [0.1, 0.15) is 5.01 Å². The van der Waals surface area contributed by atoms with Crippen LogP contribution in [0.15, 0.2) is 24.3 Å². The van der Waals surface area contributed by atoms with Crippen LogP contribution in [0.4, 0.5) is 0 Å². The third-order valence-corrected chi connectivity index (χ3v) is 5.77. The van der Waals surface area contributed by atoms with Crippen LogP contribution in [-0.4, -0.2) is 26.7 Å². The number of para-hydroxylation sites is 1. The second kappa shape index (κ2) is 5.07. The minimum Gasteiger partial charge on any atom is -0.305 e. The molecular formula is C13H16N2OS2.